The average molecular weight is 435 g/mol. The van der Waals surface area contributed by atoms with Gasteiger partial charge in [0.2, 0.25) is 5.91 Å². The number of para-hydroxylation sites is 1. The van der Waals surface area contributed by atoms with Gasteiger partial charge in [-0.1, -0.05) is 32.6 Å². The lowest BCUT2D eigenvalue weighted by Gasteiger charge is -2.22. The largest absolute Gasteiger partial charge is 0.507 e. The van der Waals surface area contributed by atoms with Crippen LogP contribution < -0.4 is 5.32 Å². The number of nitrogens with zero attached hydrogens (tertiary/aromatic N) is 2. The smallest absolute Gasteiger partial charge is 0.243 e. The molecular formula is C25H30N4O3. The van der Waals surface area contributed by atoms with Crippen LogP contribution in [0, 0.1) is 0 Å². The van der Waals surface area contributed by atoms with Crippen molar-refractivity contribution in [1.29, 1.82) is 0 Å². The fourth-order valence-corrected chi connectivity index (χ4v) is 4.51. The molecular weight excluding hydrogens is 404 g/mol. The van der Waals surface area contributed by atoms with Crippen LogP contribution in [0.15, 0.2) is 43.0 Å². The van der Waals surface area contributed by atoms with Crippen molar-refractivity contribution < 1.29 is 14.6 Å². The molecule has 1 saturated heterocycles. The molecule has 0 radical (unpaired) electrons. The second kappa shape index (κ2) is 9.53. The first-order valence-electron chi connectivity index (χ1n) is 11.2. The minimum atomic E-state index is -0.184. The molecule has 1 unspecified atom stereocenters. The second-order valence-corrected chi connectivity index (χ2v) is 8.48. The van der Waals surface area contributed by atoms with E-state index in [0.29, 0.717) is 30.4 Å². The molecule has 2 aromatic heterocycles. The summed E-state index contributed by atoms with van der Waals surface area (Å²) in [5.74, 6) is 0.505. The summed E-state index contributed by atoms with van der Waals surface area (Å²) in [5.41, 5.74) is 4.42. The highest BCUT2D eigenvalue weighted by Crippen LogP contribution is 2.39. The third kappa shape index (κ3) is 4.39. The van der Waals surface area contributed by atoms with Crippen molar-refractivity contribution in [3.8, 4) is 17.0 Å². The Morgan fingerprint density at radius 2 is 2.22 bits per heavy atom. The summed E-state index contributed by atoms with van der Waals surface area (Å²) in [7, 11) is 0. The molecule has 1 fully saturated rings. The summed E-state index contributed by atoms with van der Waals surface area (Å²) in [6, 6.07) is 9.11. The number of benzene rings is 1. The number of carbonyl (C=O) groups is 1. The lowest BCUT2D eigenvalue weighted by Crippen LogP contribution is -2.37. The molecule has 3 aromatic rings. The molecule has 7 heteroatoms. The van der Waals surface area contributed by atoms with E-state index in [0.717, 1.165) is 36.0 Å². The van der Waals surface area contributed by atoms with E-state index in [4.69, 9.17) is 4.74 Å². The number of rotatable bonds is 6. The van der Waals surface area contributed by atoms with E-state index in [-0.39, 0.29) is 23.6 Å². The molecule has 0 spiro atoms. The molecule has 4 rings (SSSR count). The fraction of sp³-hybridized carbons (Fsp3) is 0.400. The van der Waals surface area contributed by atoms with E-state index >= 15 is 0 Å². The van der Waals surface area contributed by atoms with Crippen LogP contribution >= 0.6 is 0 Å². The monoisotopic (exact) mass is 434 g/mol. The fourth-order valence-electron chi connectivity index (χ4n) is 4.51. The molecule has 1 aromatic carbocycles. The number of aromatic amines is 1. The number of hydrogen-bond acceptors (Lipinski definition) is 5. The lowest BCUT2D eigenvalue weighted by atomic mass is 9.86. The third-order valence-electron chi connectivity index (χ3n) is 6.35. The minimum absolute atomic E-state index is 0.0768. The van der Waals surface area contributed by atoms with Crippen LogP contribution in [-0.4, -0.2) is 45.5 Å². The van der Waals surface area contributed by atoms with Gasteiger partial charge < -0.3 is 20.1 Å². The number of fused-ring (bicyclic) bond motifs is 1. The van der Waals surface area contributed by atoms with Crippen molar-refractivity contribution in [3.05, 3.63) is 54.2 Å². The number of H-pyrrole nitrogens is 1. The van der Waals surface area contributed by atoms with Gasteiger partial charge in [0.25, 0.3) is 0 Å². The SMILES string of the molecule is C=CC(=O)N[C@@H]1COCC[C@H](c2[nH]c3nnc(-c4ccccc4O)cc3c2C(C)CC)C1. The maximum Gasteiger partial charge on any atom is 0.243 e. The normalized spacial score (nSPS) is 19.9. The summed E-state index contributed by atoms with van der Waals surface area (Å²) >= 11 is 0. The van der Waals surface area contributed by atoms with Crippen LogP contribution in [-0.2, 0) is 9.53 Å². The molecule has 168 valence electrons. The zero-order valence-electron chi connectivity index (χ0n) is 18.6. The highest BCUT2D eigenvalue weighted by Gasteiger charge is 2.29. The molecule has 1 amide bonds. The number of carbonyl (C=O) groups excluding carboxylic acids is 1. The zero-order valence-corrected chi connectivity index (χ0v) is 18.6. The first-order chi connectivity index (χ1) is 15.5. The molecule has 1 aliphatic rings. The third-order valence-corrected chi connectivity index (χ3v) is 6.35. The Kier molecular flexibility index (Phi) is 6.55. The number of aromatic hydroxyl groups is 1. The van der Waals surface area contributed by atoms with Crippen molar-refractivity contribution >= 4 is 16.9 Å². The Bertz CT molecular complexity index is 1120. The Balaban J connectivity index is 1.77. The number of phenols is 1. The van der Waals surface area contributed by atoms with Crippen molar-refractivity contribution in [2.75, 3.05) is 13.2 Å². The molecule has 0 bridgehead atoms. The second-order valence-electron chi connectivity index (χ2n) is 8.48. The summed E-state index contributed by atoms with van der Waals surface area (Å²) < 4.78 is 5.78. The maximum absolute atomic E-state index is 11.9. The van der Waals surface area contributed by atoms with Gasteiger partial charge in [0.15, 0.2) is 5.65 Å². The van der Waals surface area contributed by atoms with Gasteiger partial charge in [-0.2, -0.15) is 0 Å². The molecule has 3 atom stereocenters. The van der Waals surface area contributed by atoms with E-state index < -0.39 is 0 Å². The van der Waals surface area contributed by atoms with Crippen LogP contribution in [0.3, 0.4) is 0 Å². The standard InChI is InChI=1S/C25H30N4O3/c1-4-15(3)23-19-13-20(18-8-6-7-9-21(18)30)28-29-25(19)27-24(23)16-10-11-32-14-17(12-16)26-22(31)5-2/h5-9,13,15-17,30H,2,4,10-12,14H2,1,3H3,(H,26,31)(H,27,29)/t15?,16-,17-/m0/s1. The Hall–Kier alpha value is -3.19. The summed E-state index contributed by atoms with van der Waals surface area (Å²) in [4.78, 5) is 15.4. The average Bonchev–Trinajstić information content (AvgIpc) is 3.03. The highest BCUT2D eigenvalue weighted by molar-refractivity contribution is 5.87. The van der Waals surface area contributed by atoms with Crippen LogP contribution in [0.25, 0.3) is 22.3 Å². The number of amides is 1. The van der Waals surface area contributed by atoms with Gasteiger partial charge >= 0.3 is 0 Å². The van der Waals surface area contributed by atoms with Crippen LogP contribution in [0.5, 0.6) is 5.75 Å². The van der Waals surface area contributed by atoms with Crippen LogP contribution in [0.4, 0.5) is 0 Å². The van der Waals surface area contributed by atoms with E-state index in [1.165, 1.54) is 11.6 Å². The van der Waals surface area contributed by atoms with Gasteiger partial charge in [0.05, 0.1) is 18.3 Å². The molecule has 7 nitrogen and oxygen atoms in total. The lowest BCUT2D eigenvalue weighted by molar-refractivity contribution is -0.117. The minimum Gasteiger partial charge on any atom is -0.507 e. The highest BCUT2D eigenvalue weighted by atomic mass is 16.5. The van der Waals surface area contributed by atoms with Crippen molar-refractivity contribution in [1.82, 2.24) is 20.5 Å². The van der Waals surface area contributed by atoms with Crippen LogP contribution in [0.2, 0.25) is 0 Å². The molecule has 3 heterocycles. The van der Waals surface area contributed by atoms with Crippen molar-refractivity contribution in [3.63, 3.8) is 0 Å². The van der Waals surface area contributed by atoms with Gasteiger partial charge in [0, 0.05) is 29.2 Å². The Morgan fingerprint density at radius 1 is 1.41 bits per heavy atom. The van der Waals surface area contributed by atoms with Crippen LogP contribution in [0.1, 0.15) is 56.2 Å². The Morgan fingerprint density at radius 3 is 2.97 bits per heavy atom. The first kappa shape index (κ1) is 22.0. The Labute approximate surface area is 187 Å². The summed E-state index contributed by atoms with van der Waals surface area (Å²) in [6.45, 7) is 9.07. The number of ether oxygens (including phenoxy) is 1. The zero-order chi connectivity index (χ0) is 22.7. The van der Waals surface area contributed by atoms with E-state index in [1.807, 2.05) is 18.2 Å². The number of aromatic nitrogens is 3. The number of hydrogen-bond donors (Lipinski definition) is 3. The molecule has 3 N–H and O–H groups in total. The molecule has 32 heavy (non-hydrogen) atoms. The van der Waals surface area contributed by atoms with Crippen molar-refractivity contribution in [2.24, 2.45) is 0 Å². The first-order valence-corrected chi connectivity index (χ1v) is 11.2. The molecule has 0 saturated carbocycles. The quantitative estimate of drug-likeness (QED) is 0.499. The van der Waals surface area contributed by atoms with E-state index in [1.54, 1.807) is 12.1 Å². The van der Waals surface area contributed by atoms with E-state index in [9.17, 15) is 9.90 Å². The maximum atomic E-state index is 11.9. The predicted octanol–water partition coefficient (Wildman–Crippen LogP) is 4.41. The molecule has 0 aliphatic carbocycles. The number of nitrogens with one attached hydrogen (secondary N) is 2. The van der Waals surface area contributed by atoms with Gasteiger partial charge in [-0.3, -0.25) is 4.79 Å². The summed E-state index contributed by atoms with van der Waals surface area (Å²) in [5, 5.41) is 23.1. The van der Waals surface area contributed by atoms with E-state index in [2.05, 4.69) is 40.9 Å². The molecule has 1 aliphatic heterocycles. The topological polar surface area (TPSA) is 100 Å². The van der Waals surface area contributed by atoms with Gasteiger partial charge in [-0.05, 0) is 55.0 Å². The van der Waals surface area contributed by atoms with Gasteiger partial charge in [-0.15, -0.1) is 10.2 Å². The van der Waals surface area contributed by atoms with Gasteiger partial charge in [0.1, 0.15) is 5.75 Å². The number of phenolic OH excluding ortho intramolecular Hbond substituents is 1. The predicted molar refractivity (Wildman–Crippen MR) is 125 cm³/mol. The van der Waals surface area contributed by atoms with Gasteiger partial charge in [-0.25, -0.2) is 0 Å². The van der Waals surface area contributed by atoms with Crippen molar-refractivity contribution in [2.45, 2.75) is 51.0 Å². The summed E-state index contributed by atoms with van der Waals surface area (Å²) in [6.07, 6.45) is 3.91.